The molecule has 4 heteroatoms. The number of rotatable bonds is 6. The van der Waals surface area contributed by atoms with E-state index in [1.54, 1.807) is 11.3 Å². The van der Waals surface area contributed by atoms with Crippen molar-refractivity contribution in [3.8, 4) is 0 Å². The summed E-state index contributed by atoms with van der Waals surface area (Å²) in [4.78, 5) is 1.36. The van der Waals surface area contributed by atoms with E-state index in [0.717, 1.165) is 30.0 Å². The SMILES string of the molecule is CCCNC(Cc1sccc1Br)c1cccc(C)c1Cl. The number of hydrogen-bond acceptors (Lipinski definition) is 2. The highest BCUT2D eigenvalue weighted by Gasteiger charge is 2.17. The fourth-order valence-corrected chi connectivity index (χ4v) is 4.03. The van der Waals surface area contributed by atoms with Gasteiger partial charge in [-0.3, -0.25) is 0 Å². The first-order valence-corrected chi connectivity index (χ1v) is 8.88. The van der Waals surface area contributed by atoms with E-state index in [9.17, 15) is 0 Å². The van der Waals surface area contributed by atoms with Crippen molar-refractivity contribution in [2.24, 2.45) is 0 Å². The summed E-state index contributed by atoms with van der Waals surface area (Å²) in [6, 6.07) is 8.64. The molecule has 1 N–H and O–H groups in total. The summed E-state index contributed by atoms with van der Waals surface area (Å²) < 4.78 is 1.19. The number of hydrogen-bond donors (Lipinski definition) is 1. The van der Waals surface area contributed by atoms with Gasteiger partial charge in [0.1, 0.15) is 0 Å². The lowest BCUT2D eigenvalue weighted by molar-refractivity contribution is 0.531. The van der Waals surface area contributed by atoms with Gasteiger partial charge in [-0.15, -0.1) is 11.3 Å². The molecule has 2 aromatic rings. The van der Waals surface area contributed by atoms with Crippen LogP contribution >= 0.6 is 38.9 Å². The van der Waals surface area contributed by atoms with Crippen molar-refractivity contribution in [1.29, 1.82) is 0 Å². The fourth-order valence-electron chi connectivity index (χ4n) is 2.21. The third-order valence-corrected chi connectivity index (χ3v) is 5.78. The fraction of sp³-hybridized carbons (Fsp3) is 0.375. The average Bonchev–Trinajstić information content (AvgIpc) is 2.83. The number of benzene rings is 1. The van der Waals surface area contributed by atoms with Crippen LogP contribution in [0.4, 0.5) is 0 Å². The Labute approximate surface area is 138 Å². The lowest BCUT2D eigenvalue weighted by Crippen LogP contribution is -2.24. The van der Waals surface area contributed by atoms with E-state index in [-0.39, 0.29) is 6.04 Å². The maximum Gasteiger partial charge on any atom is 0.0483 e. The largest absolute Gasteiger partial charge is 0.310 e. The molecule has 20 heavy (non-hydrogen) atoms. The summed E-state index contributed by atoms with van der Waals surface area (Å²) in [6.07, 6.45) is 2.08. The lowest BCUT2D eigenvalue weighted by atomic mass is 10.0. The highest BCUT2D eigenvalue weighted by atomic mass is 79.9. The molecule has 2 rings (SSSR count). The zero-order chi connectivity index (χ0) is 14.5. The highest BCUT2D eigenvalue weighted by Crippen LogP contribution is 2.32. The van der Waals surface area contributed by atoms with Crippen molar-refractivity contribution in [1.82, 2.24) is 5.32 Å². The molecule has 1 heterocycles. The van der Waals surface area contributed by atoms with E-state index in [0.29, 0.717) is 0 Å². The minimum atomic E-state index is 0.261. The Morgan fingerprint density at radius 1 is 1.35 bits per heavy atom. The molecule has 0 radical (unpaired) electrons. The maximum absolute atomic E-state index is 6.50. The van der Waals surface area contributed by atoms with E-state index in [4.69, 9.17) is 11.6 Å². The molecule has 1 atom stereocenters. The van der Waals surface area contributed by atoms with Gasteiger partial charge in [-0.05, 0) is 58.4 Å². The summed E-state index contributed by atoms with van der Waals surface area (Å²) in [5, 5.41) is 6.62. The molecule has 1 nitrogen and oxygen atoms in total. The van der Waals surface area contributed by atoms with Gasteiger partial charge in [0.05, 0.1) is 0 Å². The van der Waals surface area contributed by atoms with Crippen molar-refractivity contribution < 1.29 is 0 Å². The minimum absolute atomic E-state index is 0.261. The zero-order valence-corrected chi connectivity index (χ0v) is 14.9. The van der Waals surface area contributed by atoms with E-state index in [2.05, 4.69) is 64.7 Å². The molecule has 0 spiro atoms. The van der Waals surface area contributed by atoms with Gasteiger partial charge in [0.2, 0.25) is 0 Å². The number of aryl methyl sites for hydroxylation is 1. The van der Waals surface area contributed by atoms with Gasteiger partial charge in [0, 0.05) is 26.8 Å². The van der Waals surface area contributed by atoms with Gasteiger partial charge in [0.15, 0.2) is 0 Å². The molecule has 0 bridgehead atoms. The summed E-state index contributed by atoms with van der Waals surface area (Å²) >= 11 is 11.9. The molecule has 0 aliphatic heterocycles. The van der Waals surface area contributed by atoms with E-state index < -0.39 is 0 Å². The van der Waals surface area contributed by atoms with Gasteiger partial charge in [-0.1, -0.05) is 36.7 Å². The first-order chi connectivity index (χ1) is 9.63. The second-order valence-electron chi connectivity index (χ2n) is 4.88. The topological polar surface area (TPSA) is 12.0 Å². The Hall–Kier alpha value is -0.350. The predicted octanol–water partition coefficient (Wildman–Crippen LogP) is 5.76. The van der Waals surface area contributed by atoms with Crippen LogP contribution in [-0.2, 0) is 6.42 Å². The molecule has 0 saturated carbocycles. The second-order valence-corrected chi connectivity index (χ2v) is 7.11. The quantitative estimate of drug-likeness (QED) is 0.680. The third-order valence-electron chi connectivity index (χ3n) is 3.32. The van der Waals surface area contributed by atoms with Crippen LogP contribution in [0, 0.1) is 6.92 Å². The summed E-state index contributed by atoms with van der Waals surface area (Å²) in [5.41, 5.74) is 2.33. The molecule has 108 valence electrons. The second kappa shape index (κ2) is 7.60. The van der Waals surface area contributed by atoms with E-state index in [1.165, 1.54) is 14.9 Å². The van der Waals surface area contributed by atoms with Crippen molar-refractivity contribution in [2.45, 2.75) is 32.7 Å². The number of thiophene rings is 1. The highest BCUT2D eigenvalue weighted by molar-refractivity contribution is 9.10. The van der Waals surface area contributed by atoms with Gasteiger partial charge < -0.3 is 5.32 Å². The summed E-state index contributed by atoms with van der Waals surface area (Å²) in [5.74, 6) is 0. The van der Waals surface area contributed by atoms with Crippen LogP contribution < -0.4 is 5.32 Å². The van der Waals surface area contributed by atoms with Crippen LogP contribution in [-0.4, -0.2) is 6.54 Å². The molecule has 1 unspecified atom stereocenters. The number of halogens is 2. The molecular weight excluding hydrogens is 354 g/mol. The molecule has 0 saturated heterocycles. The van der Waals surface area contributed by atoms with Crippen molar-refractivity contribution >= 4 is 38.9 Å². The number of nitrogens with one attached hydrogen (secondary N) is 1. The Kier molecular flexibility index (Phi) is 6.09. The molecule has 0 fully saturated rings. The Bertz CT molecular complexity index is 567. The van der Waals surface area contributed by atoms with Crippen molar-refractivity contribution in [2.75, 3.05) is 6.54 Å². The van der Waals surface area contributed by atoms with Gasteiger partial charge in [-0.2, -0.15) is 0 Å². The van der Waals surface area contributed by atoms with E-state index in [1.807, 2.05) is 0 Å². The molecule has 0 aliphatic rings. The smallest absolute Gasteiger partial charge is 0.0483 e. The van der Waals surface area contributed by atoms with E-state index >= 15 is 0 Å². The Balaban J connectivity index is 2.27. The molecule has 0 amide bonds. The summed E-state index contributed by atoms with van der Waals surface area (Å²) in [7, 11) is 0. The van der Waals surface area contributed by atoms with Crippen LogP contribution in [0.25, 0.3) is 0 Å². The molecule has 1 aromatic heterocycles. The van der Waals surface area contributed by atoms with Crippen LogP contribution in [0.5, 0.6) is 0 Å². The predicted molar refractivity (Wildman–Crippen MR) is 92.9 cm³/mol. The third kappa shape index (κ3) is 3.85. The van der Waals surface area contributed by atoms with Gasteiger partial charge in [-0.25, -0.2) is 0 Å². The molecule has 1 aromatic carbocycles. The molecule has 0 aliphatic carbocycles. The van der Waals surface area contributed by atoms with Crippen molar-refractivity contribution in [3.63, 3.8) is 0 Å². The normalized spacial score (nSPS) is 12.6. The maximum atomic E-state index is 6.50. The van der Waals surface area contributed by atoms with Gasteiger partial charge >= 0.3 is 0 Å². The minimum Gasteiger partial charge on any atom is -0.310 e. The van der Waals surface area contributed by atoms with Crippen LogP contribution in [0.2, 0.25) is 5.02 Å². The molecular formula is C16H19BrClNS. The Morgan fingerprint density at radius 2 is 2.15 bits per heavy atom. The van der Waals surface area contributed by atoms with Gasteiger partial charge in [0.25, 0.3) is 0 Å². The Morgan fingerprint density at radius 3 is 2.80 bits per heavy atom. The standard InChI is InChI=1S/C16H19BrClNS/c1-3-8-19-14(10-15-13(17)7-9-20-15)12-6-4-5-11(2)16(12)18/h4-7,9,14,19H,3,8,10H2,1-2H3. The average molecular weight is 373 g/mol. The first-order valence-electron chi connectivity index (χ1n) is 6.83. The lowest BCUT2D eigenvalue weighted by Gasteiger charge is -2.21. The first kappa shape index (κ1) is 16.0. The van der Waals surface area contributed by atoms with Crippen molar-refractivity contribution in [3.05, 3.63) is 55.1 Å². The summed E-state index contributed by atoms with van der Waals surface area (Å²) in [6.45, 7) is 5.24. The van der Waals surface area contributed by atoms with Crippen LogP contribution in [0.3, 0.4) is 0 Å². The van der Waals surface area contributed by atoms with Crippen LogP contribution in [0.15, 0.2) is 34.1 Å². The van der Waals surface area contributed by atoms with Crippen LogP contribution in [0.1, 0.15) is 35.4 Å². The zero-order valence-electron chi connectivity index (χ0n) is 11.7. The monoisotopic (exact) mass is 371 g/mol.